The molecule has 130 valence electrons. The van der Waals surface area contributed by atoms with E-state index in [0.717, 1.165) is 6.42 Å². The Balaban J connectivity index is 1.89. The van der Waals surface area contributed by atoms with Crippen molar-refractivity contribution in [1.29, 1.82) is 0 Å². The second-order valence-electron chi connectivity index (χ2n) is 5.68. The Kier molecular flexibility index (Phi) is 4.65. The Morgan fingerprint density at radius 3 is 2.76 bits per heavy atom. The van der Waals surface area contributed by atoms with E-state index >= 15 is 0 Å². The quantitative estimate of drug-likeness (QED) is 0.686. The Hall–Kier alpha value is -2.96. The van der Waals surface area contributed by atoms with Crippen LogP contribution in [0.4, 0.5) is 4.39 Å². The monoisotopic (exact) mass is 344 g/mol. The van der Waals surface area contributed by atoms with E-state index in [1.165, 1.54) is 25.3 Å². The van der Waals surface area contributed by atoms with E-state index in [9.17, 15) is 14.0 Å². The van der Waals surface area contributed by atoms with Gasteiger partial charge >= 0.3 is 5.97 Å². The molecule has 0 spiro atoms. The highest BCUT2D eigenvalue weighted by atomic mass is 19.1. The first-order chi connectivity index (χ1) is 12.0. The third kappa shape index (κ3) is 3.17. The van der Waals surface area contributed by atoms with Gasteiger partial charge in [-0.3, -0.25) is 4.79 Å². The van der Waals surface area contributed by atoms with Gasteiger partial charge in [-0.15, -0.1) is 0 Å². The number of hydrogen-bond donors (Lipinski definition) is 1. The van der Waals surface area contributed by atoms with Crippen LogP contribution in [0.15, 0.2) is 33.8 Å². The minimum absolute atomic E-state index is 0.0814. The summed E-state index contributed by atoms with van der Waals surface area (Å²) in [5, 5.41) is 4.14. The summed E-state index contributed by atoms with van der Waals surface area (Å²) in [6, 6.07) is 5.68. The van der Waals surface area contributed by atoms with E-state index in [2.05, 4.69) is 10.5 Å². The molecule has 0 bridgehead atoms. The van der Waals surface area contributed by atoms with Gasteiger partial charge in [-0.2, -0.15) is 5.10 Å². The number of carbonyl (C=O) groups excluding carboxylic acids is 2. The third-order valence-corrected chi connectivity index (χ3v) is 4.11. The third-order valence-electron chi connectivity index (χ3n) is 4.11. The summed E-state index contributed by atoms with van der Waals surface area (Å²) in [5.41, 5.74) is 4.23. The number of esters is 1. The second-order valence-corrected chi connectivity index (χ2v) is 5.68. The molecular weight excluding hydrogens is 327 g/mol. The Morgan fingerprint density at radius 2 is 2.04 bits per heavy atom. The molecule has 1 N–H and O–H groups in total. The van der Waals surface area contributed by atoms with Gasteiger partial charge in [-0.05, 0) is 31.9 Å². The summed E-state index contributed by atoms with van der Waals surface area (Å²) in [6.45, 7) is 1.74. The van der Waals surface area contributed by atoms with Crippen LogP contribution in [-0.4, -0.2) is 24.7 Å². The first kappa shape index (κ1) is 16.9. The van der Waals surface area contributed by atoms with Crippen LogP contribution in [0.1, 0.15) is 50.6 Å². The van der Waals surface area contributed by atoms with Crippen LogP contribution < -0.4 is 5.43 Å². The fourth-order valence-corrected chi connectivity index (χ4v) is 2.89. The molecule has 2 aromatic rings. The van der Waals surface area contributed by atoms with E-state index in [-0.39, 0.29) is 11.3 Å². The molecule has 25 heavy (non-hydrogen) atoms. The van der Waals surface area contributed by atoms with Crippen LogP contribution in [0.25, 0.3) is 0 Å². The highest BCUT2D eigenvalue weighted by Crippen LogP contribution is 2.30. The summed E-state index contributed by atoms with van der Waals surface area (Å²) in [4.78, 5) is 23.9. The van der Waals surface area contributed by atoms with Crippen LogP contribution in [0.2, 0.25) is 0 Å². The van der Waals surface area contributed by atoms with Crippen LogP contribution >= 0.6 is 0 Å². The molecule has 0 unspecified atom stereocenters. The summed E-state index contributed by atoms with van der Waals surface area (Å²) >= 11 is 0. The molecule has 0 fully saturated rings. The second kappa shape index (κ2) is 6.88. The number of furan rings is 1. The number of halogens is 1. The fourth-order valence-electron chi connectivity index (χ4n) is 2.89. The highest BCUT2D eigenvalue weighted by molar-refractivity contribution is 6.06. The number of hydrogen-bond acceptors (Lipinski definition) is 5. The number of aryl methyl sites for hydroxylation is 1. The van der Waals surface area contributed by atoms with E-state index in [1.807, 2.05) is 0 Å². The number of ether oxygens (including phenoxy) is 1. The van der Waals surface area contributed by atoms with Crippen LogP contribution in [0.5, 0.6) is 0 Å². The predicted octanol–water partition coefficient (Wildman–Crippen LogP) is 2.98. The number of hydrazone groups is 1. The lowest BCUT2D eigenvalue weighted by atomic mass is 9.93. The zero-order valence-electron chi connectivity index (χ0n) is 13.9. The molecule has 1 heterocycles. The molecule has 3 rings (SSSR count). The molecule has 1 aromatic carbocycles. The first-order valence-corrected chi connectivity index (χ1v) is 7.85. The smallest absolute Gasteiger partial charge is 0.374 e. The molecule has 1 amide bonds. The maximum atomic E-state index is 13.7. The van der Waals surface area contributed by atoms with Gasteiger partial charge in [0.05, 0.1) is 18.4 Å². The van der Waals surface area contributed by atoms with Crippen LogP contribution in [0, 0.1) is 12.7 Å². The molecule has 0 aliphatic heterocycles. The summed E-state index contributed by atoms with van der Waals surface area (Å²) in [6.07, 6.45) is 2.06. The number of rotatable bonds is 3. The average molecular weight is 344 g/mol. The maximum absolute atomic E-state index is 13.7. The normalized spacial score (nSPS) is 14.9. The van der Waals surface area contributed by atoms with Crippen molar-refractivity contribution in [1.82, 2.24) is 5.43 Å². The van der Waals surface area contributed by atoms with E-state index in [1.54, 1.807) is 13.0 Å². The van der Waals surface area contributed by atoms with Crippen molar-refractivity contribution in [3.63, 3.8) is 0 Å². The van der Waals surface area contributed by atoms with Crippen molar-refractivity contribution in [2.45, 2.75) is 26.2 Å². The molecule has 0 atom stereocenters. The van der Waals surface area contributed by atoms with Crippen molar-refractivity contribution in [3.8, 4) is 0 Å². The molecule has 0 saturated heterocycles. The van der Waals surface area contributed by atoms with Crippen molar-refractivity contribution >= 4 is 17.6 Å². The van der Waals surface area contributed by atoms with Crippen molar-refractivity contribution in [2.75, 3.05) is 7.11 Å². The highest BCUT2D eigenvalue weighted by Gasteiger charge is 2.28. The van der Waals surface area contributed by atoms with Gasteiger partial charge < -0.3 is 9.15 Å². The number of nitrogens with zero attached hydrogens (tertiary/aromatic N) is 1. The van der Waals surface area contributed by atoms with Gasteiger partial charge in [0.2, 0.25) is 5.76 Å². The topological polar surface area (TPSA) is 80.9 Å². The molecule has 0 saturated carbocycles. The van der Waals surface area contributed by atoms with Gasteiger partial charge in [0.15, 0.2) is 0 Å². The number of amides is 1. The zero-order chi connectivity index (χ0) is 18.0. The van der Waals surface area contributed by atoms with Gasteiger partial charge in [-0.1, -0.05) is 12.1 Å². The van der Waals surface area contributed by atoms with Gasteiger partial charge in [0, 0.05) is 17.5 Å². The molecule has 7 heteroatoms. The zero-order valence-corrected chi connectivity index (χ0v) is 13.9. The van der Waals surface area contributed by atoms with Gasteiger partial charge in [-0.25, -0.2) is 14.6 Å². The molecular formula is C18H17FN2O4. The number of fused-ring (bicyclic) bond motifs is 1. The largest absolute Gasteiger partial charge is 0.463 e. The standard InChI is InChI=1S/C18H17FN2O4/c1-10-15-13(8-5-9-14(15)25-16(10)18(23)24-2)20-21-17(22)11-6-3-4-7-12(11)19/h3-4,6-7H,5,8-9H2,1-2H3,(H,21,22)/b20-13+. The SMILES string of the molecule is COC(=O)c1oc2c(c1C)/C(=N/NC(=O)c1ccccc1F)CCC2. The van der Waals surface area contributed by atoms with Crippen LogP contribution in [0.3, 0.4) is 0 Å². The van der Waals surface area contributed by atoms with E-state index in [0.29, 0.717) is 35.4 Å². The first-order valence-electron chi connectivity index (χ1n) is 7.85. The minimum atomic E-state index is -0.632. The molecule has 0 radical (unpaired) electrons. The van der Waals surface area contributed by atoms with Gasteiger partial charge in [0.25, 0.3) is 5.91 Å². The summed E-state index contributed by atoms with van der Waals surface area (Å²) in [5.74, 6) is -1.02. The lowest BCUT2D eigenvalue weighted by Crippen LogP contribution is -2.23. The predicted molar refractivity (Wildman–Crippen MR) is 88.1 cm³/mol. The van der Waals surface area contributed by atoms with Crippen LogP contribution in [-0.2, 0) is 11.2 Å². The molecule has 1 aliphatic carbocycles. The number of methoxy groups -OCH3 is 1. The Morgan fingerprint density at radius 1 is 1.28 bits per heavy atom. The summed E-state index contributed by atoms with van der Waals surface area (Å²) in [7, 11) is 1.28. The maximum Gasteiger partial charge on any atom is 0.374 e. The lowest BCUT2D eigenvalue weighted by molar-refractivity contribution is 0.0561. The Bertz CT molecular complexity index is 870. The van der Waals surface area contributed by atoms with Crippen molar-refractivity contribution in [3.05, 3.63) is 58.3 Å². The molecule has 1 aliphatic rings. The average Bonchev–Trinajstić information content (AvgIpc) is 2.97. The Labute approximate surface area is 143 Å². The number of carbonyl (C=O) groups is 2. The van der Waals surface area contributed by atoms with Gasteiger partial charge in [0.1, 0.15) is 11.6 Å². The van der Waals surface area contributed by atoms with Crippen molar-refractivity contribution < 1.29 is 23.1 Å². The molecule has 6 nitrogen and oxygen atoms in total. The molecule has 1 aromatic heterocycles. The van der Waals surface area contributed by atoms with Crippen molar-refractivity contribution in [2.24, 2.45) is 5.10 Å². The number of benzene rings is 1. The van der Waals surface area contributed by atoms with E-state index in [4.69, 9.17) is 9.15 Å². The summed E-state index contributed by atoms with van der Waals surface area (Å²) < 4.78 is 24.0. The number of nitrogens with one attached hydrogen (secondary N) is 1. The van der Waals surface area contributed by atoms with E-state index < -0.39 is 17.7 Å². The fraction of sp³-hybridized carbons (Fsp3) is 0.278. The minimum Gasteiger partial charge on any atom is -0.463 e. The lowest BCUT2D eigenvalue weighted by Gasteiger charge is -2.13.